The Morgan fingerprint density at radius 3 is 2.37 bits per heavy atom. The maximum atomic E-state index is 14.6. The zero-order valence-corrected chi connectivity index (χ0v) is 28.6. The average molecular weight is 693 g/mol. The molecule has 1 aliphatic carbocycles. The van der Waals surface area contributed by atoms with Crippen molar-refractivity contribution in [3.8, 4) is 0 Å². The fourth-order valence-electron chi connectivity index (χ4n) is 6.12. The van der Waals surface area contributed by atoms with E-state index >= 15 is 0 Å². The molecule has 1 unspecified atom stereocenters. The van der Waals surface area contributed by atoms with Crippen LogP contribution in [0.2, 0.25) is 15.1 Å². The van der Waals surface area contributed by atoms with Gasteiger partial charge in [-0.2, -0.15) is 0 Å². The normalized spacial score (nSPS) is 17.9. The molecule has 2 aromatic carbocycles. The Morgan fingerprint density at radius 2 is 1.76 bits per heavy atom. The van der Waals surface area contributed by atoms with Crippen molar-refractivity contribution in [1.82, 2.24) is 20.1 Å². The van der Waals surface area contributed by atoms with Crippen LogP contribution >= 0.6 is 34.8 Å². The number of carbonyl (C=O) groups excluding carboxylic acids is 3. The highest BCUT2D eigenvalue weighted by atomic mass is 35.5. The third-order valence-corrected chi connectivity index (χ3v) is 9.99. The summed E-state index contributed by atoms with van der Waals surface area (Å²) in [6.45, 7) is 7.38. The molecule has 4 rings (SSSR count). The van der Waals surface area contributed by atoms with Gasteiger partial charge < -0.3 is 21.1 Å². The standard InChI is InChI=1S/C33H40Cl3N5O5/c1-5-18(3)16-41(31(37)44)30(43)33(12-11-26-23(15-33)22-13-21(34)14-25(36)27(22)38-26)39-29(42)28(19(4)6-2)40(32(45)46)17-20-9-7-8-10-24(20)35/h7-10,13-14,18-19,28,38H,5-6,11-12,15-17H2,1-4H3,(H2,37,44)(H,39,42)(H,45,46)/t18-,19?,28-,33+/m0/s1. The summed E-state index contributed by atoms with van der Waals surface area (Å²) >= 11 is 19.3. The Labute approximate surface area is 283 Å². The molecule has 1 heterocycles. The number of urea groups is 1. The Morgan fingerprint density at radius 1 is 1.07 bits per heavy atom. The molecule has 5 amide bonds. The summed E-state index contributed by atoms with van der Waals surface area (Å²) < 4.78 is 0. The van der Waals surface area contributed by atoms with Gasteiger partial charge in [-0.05, 0) is 54.0 Å². The predicted molar refractivity (Wildman–Crippen MR) is 180 cm³/mol. The second kappa shape index (κ2) is 14.5. The van der Waals surface area contributed by atoms with Gasteiger partial charge >= 0.3 is 12.1 Å². The molecule has 0 bridgehead atoms. The first-order chi connectivity index (χ1) is 21.7. The average Bonchev–Trinajstić information content (AvgIpc) is 3.37. The molecule has 0 saturated carbocycles. The van der Waals surface area contributed by atoms with Crippen LogP contribution in [0.4, 0.5) is 9.59 Å². The third-order valence-electron chi connectivity index (χ3n) is 9.11. The lowest BCUT2D eigenvalue weighted by Crippen LogP contribution is -2.67. The number of aromatic amines is 1. The molecule has 248 valence electrons. The van der Waals surface area contributed by atoms with Crippen LogP contribution in [-0.2, 0) is 29.0 Å². The number of aromatic nitrogens is 1. The molecule has 46 heavy (non-hydrogen) atoms. The van der Waals surface area contributed by atoms with Crippen LogP contribution in [0.25, 0.3) is 10.9 Å². The van der Waals surface area contributed by atoms with E-state index in [9.17, 15) is 24.3 Å². The van der Waals surface area contributed by atoms with Crippen molar-refractivity contribution < 1.29 is 24.3 Å². The van der Waals surface area contributed by atoms with Crippen molar-refractivity contribution in [2.45, 2.75) is 77.9 Å². The van der Waals surface area contributed by atoms with E-state index in [2.05, 4.69) is 10.3 Å². The Bertz CT molecular complexity index is 1650. The van der Waals surface area contributed by atoms with Crippen molar-refractivity contribution in [3.05, 3.63) is 68.3 Å². The van der Waals surface area contributed by atoms with Crippen LogP contribution in [0.15, 0.2) is 36.4 Å². The monoisotopic (exact) mass is 691 g/mol. The van der Waals surface area contributed by atoms with Crippen LogP contribution < -0.4 is 11.1 Å². The zero-order chi connectivity index (χ0) is 33.9. The Hall–Kier alpha value is -3.47. The highest BCUT2D eigenvalue weighted by Crippen LogP contribution is 2.39. The minimum Gasteiger partial charge on any atom is -0.465 e. The molecule has 0 aliphatic heterocycles. The molecule has 0 radical (unpaired) electrons. The second-order valence-corrected chi connectivity index (χ2v) is 13.5. The van der Waals surface area contributed by atoms with Crippen molar-refractivity contribution in [1.29, 1.82) is 0 Å². The number of aryl methyl sites for hydroxylation is 1. The van der Waals surface area contributed by atoms with E-state index in [-0.39, 0.29) is 31.8 Å². The number of nitrogens with one attached hydrogen (secondary N) is 2. The summed E-state index contributed by atoms with van der Waals surface area (Å²) in [5.41, 5.74) is 6.87. The van der Waals surface area contributed by atoms with E-state index in [1.807, 2.05) is 20.8 Å². The van der Waals surface area contributed by atoms with Gasteiger partial charge in [0.2, 0.25) is 5.91 Å². The number of fused-ring (bicyclic) bond motifs is 3. The summed E-state index contributed by atoms with van der Waals surface area (Å²) in [5.74, 6) is -1.81. The smallest absolute Gasteiger partial charge is 0.408 e. The number of nitrogens with two attached hydrogens (primary N) is 1. The lowest BCUT2D eigenvalue weighted by molar-refractivity contribution is -0.142. The van der Waals surface area contributed by atoms with E-state index in [0.717, 1.165) is 21.1 Å². The van der Waals surface area contributed by atoms with Crippen LogP contribution in [0.3, 0.4) is 0 Å². The molecular formula is C33H40Cl3N5O5. The topological polar surface area (TPSA) is 149 Å². The molecule has 0 saturated heterocycles. The largest absolute Gasteiger partial charge is 0.465 e. The van der Waals surface area contributed by atoms with Crippen molar-refractivity contribution >= 4 is 69.6 Å². The van der Waals surface area contributed by atoms with Gasteiger partial charge in [0.1, 0.15) is 11.6 Å². The molecule has 1 aromatic heterocycles. The highest BCUT2D eigenvalue weighted by molar-refractivity contribution is 6.38. The van der Waals surface area contributed by atoms with Crippen LogP contribution in [0.5, 0.6) is 0 Å². The zero-order valence-electron chi connectivity index (χ0n) is 26.3. The van der Waals surface area contributed by atoms with Crippen molar-refractivity contribution in [2.24, 2.45) is 17.6 Å². The number of hydrogen-bond donors (Lipinski definition) is 4. The molecule has 4 atom stereocenters. The lowest BCUT2D eigenvalue weighted by atomic mass is 9.77. The first-order valence-corrected chi connectivity index (χ1v) is 16.5. The first-order valence-electron chi connectivity index (χ1n) is 15.4. The van der Waals surface area contributed by atoms with Crippen molar-refractivity contribution in [2.75, 3.05) is 6.54 Å². The van der Waals surface area contributed by atoms with Crippen LogP contribution in [0.1, 0.15) is 63.8 Å². The number of halogens is 3. The summed E-state index contributed by atoms with van der Waals surface area (Å²) in [4.78, 5) is 59.8. The fourth-order valence-corrected chi connectivity index (χ4v) is 6.86. The molecular weight excluding hydrogens is 653 g/mol. The number of nitrogens with zero attached hydrogens (tertiary/aromatic N) is 2. The van der Waals surface area contributed by atoms with E-state index in [0.29, 0.717) is 50.8 Å². The minimum atomic E-state index is -1.63. The number of benzene rings is 2. The fraction of sp³-hybridized carbons (Fsp3) is 0.455. The number of imide groups is 1. The SMILES string of the molecule is CCC(C)[C@@H](C(=O)N[C@]1(C(=O)N(C[C@@H](C)CC)C(N)=O)CCc2[nH]c3c(Cl)cc(Cl)cc3c2C1)N(Cc1ccccc1Cl)C(=O)O. The summed E-state index contributed by atoms with van der Waals surface area (Å²) in [7, 11) is 0. The van der Waals surface area contributed by atoms with Gasteiger partial charge in [0.15, 0.2) is 0 Å². The number of H-pyrrole nitrogens is 1. The van der Waals surface area contributed by atoms with E-state index in [4.69, 9.17) is 40.5 Å². The van der Waals surface area contributed by atoms with Crippen LogP contribution in [0, 0.1) is 11.8 Å². The minimum absolute atomic E-state index is 0.00131. The number of amides is 5. The number of rotatable bonds is 11. The van der Waals surface area contributed by atoms with Gasteiger partial charge in [-0.1, -0.05) is 93.5 Å². The maximum absolute atomic E-state index is 14.6. The van der Waals surface area contributed by atoms with Gasteiger partial charge in [-0.3, -0.25) is 19.4 Å². The number of carbonyl (C=O) groups is 4. The molecule has 0 fully saturated rings. The molecule has 5 N–H and O–H groups in total. The maximum Gasteiger partial charge on any atom is 0.408 e. The van der Waals surface area contributed by atoms with Gasteiger partial charge in [-0.25, -0.2) is 9.59 Å². The van der Waals surface area contributed by atoms with Gasteiger partial charge in [0.05, 0.1) is 17.1 Å². The first kappa shape index (κ1) is 35.4. The number of carboxylic acid groups (broad SMARTS) is 1. The summed E-state index contributed by atoms with van der Waals surface area (Å²) in [6, 6.07) is 8.06. The Kier molecular flexibility index (Phi) is 11.2. The molecule has 1 aliphatic rings. The molecule has 13 heteroatoms. The van der Waals surface area contributed by atoms with Crippen LogP contribution in [-0.4, -0.2) is 62.0 Å². The Balaban J connectivity index is 1.82. The van der Waals surface area contributed by atoms with Gasteiger partial charge in [0, 0.05) is 34.1 Å². The highest BCUT2D eigenvalue weighted by Gasteiger charge is 2.49. The number of primary amides is 1. The van der Waals surface area contributed by atoms with Gasteiger partial charge in [-0.15, -0.1) is 0 Å². The second-order valence-electron chi connectivity index (χ2n) is 12.2. The van der Waals surface area contributed by atoms with Crippen molar-refractivity contribution in [3.63, 3.8) is 0 Å². The third kappa shape index (κ3) is 7.24. The predicted octanol–water partition coefficient (Wildman–Crippen LogP) is 7.02. The lowest BCUT2D eigenvalue weighted by Gasteiger charge is -2.42. The number of hydrogen-bond acceptors (Lipinski definition) is 4. The van der Waals surface area contributed by atoms with E-state index in [1.165, 1.54) is 0 Å². The van der Waals surface area contributed by atoms with Gasteiger partial charge in [0.25, 0.3) is 5.91 Å². The quantitative estimate of drug-likeness (QED) is 0.170. The van der Waals surface area contributed by atoms with E-state index in [1.54, 1.807) is 43.3 Å². The molecule has 3 aromatic rings. The molecule has 10 nitrogen and oxygen atoms in total. The van der Waals surface area contributed by atoms with E-state index < -0.39 is 41.4 Å². The molecule has 0 spiro atoms. The summed E-state index contributed by atoms with van der Waals surface area (Å²) in [5, 5.41) is 15.2. The summed E-state index contributed by atoms with van der Waals surface area (Å²) in [6.07, 6.45) is 0.289.